The normalized spacial score (nSPS) is 17.6. The number of methoxy groups -OCH3 is 1. The molecule has 1 aromatic rings. The number of fused-ring (bicyclic) bond motifs is 1. The minimum atomic E-state index is -3.62. The van der Waals surface area contributed by atoms with Crippen molar-refractivity contribution in [2.24, 2.45) is 10.3 Å². The maximum atomic E-state index is 11.8. The van der Waals surface area contributed by atoms with E-state index in [1.165, 1.54) is 7.11 Å². The first-order valence-electron chi connectivity index (χ1n) is 4.60. The molecule has 0 atom stereocenters. The van der Waals surface area contributed by atoms with E-state index in [9.17, 15) is 8.42 Å². The minimum Gasteiger partial charge on any atom is -0.473 e. The standard InChI is InChI=1S/C8H11N3O3S2/c1-4(2)5-9-6-7(16(12,13)11-5)15-8(10-6)14-3/h4H,1-3H3,(H,9,11). The number of nitrogens with one attached hydrogen (secondary N) is 1. The summed E-state index contributed by atoms with van der Waals surface area (Å²) >= 11 is 0.965. The maximum Gasteiger partial charge on any atom is 0.297 e. The Kier molecular flexibility index (Phi) is 2.62. The van der Waals surface area contributed by atoms with Gasteiger partial charge < -0.3 is 10.1 Å². The monoisotopic (exact) mass is 261 g/mol. The molecule has 16 heavy (non-hydrogen) atoms. The van der Waals surface area contributed by atoms with Crippen molar-refractivity contribution in [3.05, 3.63) is 0 Å². The van der Waals surface area contributed by atoms with E-state index in [0.29, 0.717) is 16.8 Å². The van der Waals surface area contributed by atoms with Gasteiger partial charge in [0.15, 0.2) is 10.0 Å². The number of nitrogens with zero attached hydrogens (tertiary/aromatic N) is 2. The van der Waals surface area contributed by atoms with E-state index in [-0.39, 0.29) is 10.1 Å². The first-order valence-corrected chi connectivity index (χ1v) is 6.86. The largest absolute Gasteiger partial charge is 0.473 e. The molecule has 88 valence electrons. The number of hydrogen-bond acceptors (Lipinski definition) is 6. The molecule has 0 aliphatic carbocycles. The third kappa shape index (κ3) is 1.78. The van der Waals surface area contributed by atoms with Gasteiger partial charge in [0.2, 0.25) is 0 Å². The van der Waals surface area contributed by atoms with Crippen LogP contribution in [0.1, 0.15) is 13.8 Å². The van der Waals surface area contributed by atoms with E-state index >= 15 is 0 Å². The van der Waals surface area contributed by atoms with Gasteiger partial charge in [-0.3, -0.25) is 0 Å². The van der Waals surface area contributed by atoms with Gasteiger partial charge in [0.05, 0.1) is 7.11 Å². The Morgan fingerprint density at radius 2 is 2.12 bits per heavy atom. The van der Waals surface area contributed by atoms with Crippen LogP contribution in [0.4, 0.5) is 5.82 Å². The first-order chi connectivity index (χ1) is 7.44. The molecule has 1 N–H and O–H groups in total. The highest BCUT2D eigenvalue weighted by atomic mass is 32.2. The molecule has 0 spiro atoms. The molecule has 1 aliphatic heterocycles. The van der Waals surface area contributed by atoms with Crippen molar-refractivity contribution >= 4 is 33.0 Å². The van der Waals surface area contributed by atoms with Crippen molar-refractivity contribution < 1.29 is 13.2 Å². The summed E-state index contributed by atoms with van der Waals surface area (Å²) in [6.07, 6.45) is 0. The lowest BCUT2D eigenvalue weighted by atomic mass is 10.2. The van der Waals surface area contributed by atoms with E-state index in [2.05, 4.69) is 14.7 Å². The smallest absolute Gasteiger partial charge is 0.297 e. The molecule has 0 aromatic carbocycles. The quantitative estimate of drug-likeness (QED) is 0.868. The molecule has 8 heteroatoms. The fourth-order valence-corrected chi connectivity index (χ4v) is 3.45. The average molecular weight is 261 g/mol. The van der Waals surface area contributed by atoms with Gasteiger partial charge in [-0.15, -0.1) is 4.40 Å². The lowest BCUT2D eigenvalue weighted by molar-refractivity contribution is 0.412. The molecule has 0 bridgehead atoms. The van der Waals surface area contributed by atoms with E-state index in [1.54, 1.807) is 0 Å². The predicted octanol–water partition coefficient (Wildman–Crippen LogP) is 1.32. The second kappa shape index (κ2) is 3.70. The van der Waals surface area contributed by atoms with E-state index in [0.717, 1.165) is 11.3 Å². The zero-order valence-corrected chi connectivity index (χ0v) is 10.6. The summed E-state index contributed by atoms with van der Waals surface area (Å²) in [6.45, 7) is 3.71. The third-order valence-corrected chi connectivity index (χ3v) is 4.79. The van der Waals surface area contributed by atoms with Crippen LogP contribution >= 0.6 is 11.3 Å². The van der Waals surface area contributed by atoms with Crippen LogP contribution in [-0.4, -0.2) is 26.3 Å². The van der Waals surface area contributed by atoms with Crippen molar-refractivity contribution in [1.82, 2.24) is 4.98 Å². The summed E-state index contributed by atoms with van der Waals surface area (Å²) in [6, 6.07) is 0. The fourth-order valence-electron chi connectivity index (χ4n) is 1.19. The molecule has 0 amide bonds. The molecular weight excluding hydrogens is 250 g/mol. The number of hydrogen-bond donors (Lipinski definition) is 1. The van der Waals surface area contributed by atoms with Crippen LogP contribution in [0.15, 0.2) is 8.61 Å². The van der Waals surface area contributed by atoms with Crippen LogP contribution in [0, 0.1) is 5.92 Å². The fraction of sp³-hybridized carbons (Fsp3) is 0.500. The van der Waals surface area contributed by atoms with Gasteiger partial charge in [-0.05, 0) is 0 Å². The van der Waals surface area contributed by atoms with Crippen LogP contribution in [0.3, 0.4) is 0 Å². The molecule has 0 saturated carbocycles. The Balaban J connectivity index is 2.54. The number of anilines is 1. The van der Waals surface area contributed by atoms with Crippen LogP contribution < -0.4 is 10.1 Å². The minimum absolute atomic E-state index is 0.00406. The highest BCUT2D eigenvalue weighted by Gasteiger charge is 2.30. The summed E-state index contributed by atoms with van der Waals surface area (Å²) < 4.78 is 32.3. The Labute approximate surface area is 97.4 Å². The van der Waals surface area contributed by atoms with Gasteiger partial charge >= 0.3 is 0 Å². The van der Waals surface area contributed by atoms with E-state index in [4.69, 9.17) is 4.74 Å². The van der Waals surface area contributed by atoms with Gasteiger partial charge in [-0.25, -0.2) is 0 Å². The number of thiazole rings is 1. The predicted molar refractivity (Wildman–Crippen MR) is 61.7 cm³/mol. The number of sulfonamides is 1. The number of aromatic nitrogens is 1. The first kappa shape index (κ1) is 11.3. The zero-order valence-electron chi connectivity index (χ0n) is 9.01. The van der Waals surface area contributed by atoms with Crippen molar-refractivity contribution in [1.29, 1.82) is 0 Å². The number of amidine groups is 1. The molecular formula is C8H11N3O3S2. The Hall–Kier alpha value is -1.15. The van der Waals surface area contributed by atoms with E-state index < -0.39 is 10.0 Å². The van der Waals surface area contributed by atoms with Gasteiger partial charge in [-0.2, -0.15) is 13.4 Å². The van der Waals surface area contributed by atoms with Gasteiger partial charge in [0.1, 0.15) is 5.84 Å². The summed E-state index contributed by atoms with van der Waals surface area (Å²) in [4.78, 5) is 4.02. The van der Waals surface area contributed by atoms with Crippen molar-refractivity contribution in [2.75, 3.05) is 12.4 Å². The lowest BCUT2D eigenvalue weighted by Crippen LogP contribution is -2.25. The highest BCUT2D eigenvalue weighted by Crippen LogP contribution is 2.36. The summed E-state index contributed by atoms with van der Waals surface area (Å²) in [5.74, 6) is 0.705. The van der Waals surface area contributed by atoms with Crippen LogP contribution in [0.2, 0.25) is 0 Å². The molecule has 1 aromatic heterocycles. The molecule has 0 fully saturated rings. The Morgan fingerprint density at radius 1 is 1.44 bits per heavy atom. The summed E-state index contributed by atoms with van der Waals surface area (Å²) in [7, 11) is -2.18. The van der Waals surface area contributed by atoms with Crippen molar-refractivity contribution in [2.45, 2.75) is 18.1 Å². The lowest BCUT2D eigenvalue weighted by Gasteiger charge is -2.15. The van der Waals surface area contributed by atoms with Gasteiger partial charge in [-0.1, -0.05) is 25.2 Å². The Morgan fingerprint density at radius 3 is 2.69 bits per heavy atom. The van der Waals surface area contributed by atoms with Crippen LogP contribution in [-0.2, 0) is 10.0 Å². The molecule has 2 rings (SSSR count). The SMILES string of the molecule is COc1nc2c(s1)S(=O)(=O)N=C(C(C)C)N2. The van der Waals surface area contributed by atoms with Crippen LogP contribution in [0.5, 0.6) is 5.19 Å². The van der Waals surface area contributed by atoms with Crippen molar-refractivity contribution in [3.8, 4) is 5.19 Å². The molecule has 1 aliphatic rings. The molecule has 6 nitrogen and oxygen atoms in total. The average Bonchev–Trinajstić information content (AvgIpc) is 2.60. The van der Waals surface area contributed by atoms with Crippen molar-refractivity contribution in [3.63, 3.8) is 0 Å². The molecule has 2 heterocycles. The Bertz CT molecular complexity index is 545. The van der Waals surface area contributed by atoms with Gasteiger partial charge in [0, 0.05) is 5.92 Å². The second-order valence-corrected chi connectivity index (χ2v) is 6.31. The zero-order chi connectivity index (χ0) is 11.9. The third-order valence-electron chi connectivity index (χ3n) is 2.00. The highest BCUT2D eigenvalue weighted by molar-refractivity contribution is 7.92. The summed E-state index contributed by atoms with van der Waals surface area (Å²) in [5, 5.41) is 3.20. The maximum absolute atomic E-state index is 11.8. The second-order valence-electron chi connectivity index (χ2n) is 3.55. The van der Waals surface area contributed by atoms with Gasteiger partial charge in [0.25, 0.3) is 15.2 Å². The molecule has 0 radical (unpaired) electrons. The topological polar surface area (TPSA) is 80.7 Å². The molecule has 0 unspecified atom stereocenters. The molecule has 0 saturated heterocycles. The summed E-state index contributed by atoms with van der Waals surface area (Å²) in [5.41, 5.74) is 0. The van der Waals surface area contributed by atoms with E-state index in [1.807, 2.05) is 13.8 Å². The number of ether oxygens (including phenoxy) is 1. The number of rotatable bonds is 2. The van der Waals surface area contributed by atoms with Crippen LogP contribution in [0.25, 0.3) is 0 Å².